The first-order chi connectivity index (χ1) is 10.5. The summed E-state index contributed by atoms with van der Waals surface area (Å²) in [5.41, 5.74) is -1.94. The Morgan fingerprint density at radius 1 is 1.32 bits per heavy atom. The maximum absolute atomic E-state index is 12.0. The fourth-order valence-electron chi connectivity index (χ4n) is 2.38. The number of nitrogens with one attached hydrogen (secondary N) is 4. The number of carbonyl (C=O) groups excluding carboxylic acids is 2. The van der Waals surface area contributed by atoms with Crippen molar-refractivity contribution in [1.29, 1.82) is 0 Å². The van der Waals surface area contributed by atoms with Crippen LogP contribution in [0.15, 0.2) is 15.8 Å². The van der Waals surface area contributed by atoms with Crippen molar-refractivity contribution in [3.05, 3.63) is 32.6 Å². The predicted octanol–water partition coefficient (Wildman–Crippen LogP) is -1.79. The number of amides is 2. The highest BCUT2D eigenvalue weighted by atomic mass is 16.3. The Morgan fingerprint density at radius 2 is 2.00 bits per heavy atom. The first-order valence-electron chi connectivity index (χ1n) is 7.05. The summed E-state index contributed by atoms with van der Waals surface area (Å²) in [5.74, 6) is -1.35. The van der Waals surface area contributed by atoms with Gasteiger partial charge in [-0.3, -0.25) is 19.4 Å². The Morgan fingerprint density at radius 3 is 2.59 bits per heavy atom. The van der Waals surface area contributed by atoms with Crippen LogP contribution in [0.5, 0.6) is 0 Å². The van der Waals surface area contributed by atoms with Crippen molar-refractivity contribution in [3.8, 4) is 0 Å². The van der Waals surface area contributed by atoms with E-state index < -0.39 is 35.7 Å². The first kappa shape index (κ1) is 16.0. The minimum absolute atomic E-state index is 0.0509. The molecule has 9 nitrogen and oxygen atoms in total. The number of H-pyrrole nitrogens is 2. The quantitative estimate of drug-likeness (QED) is 0.436. The highest BCUT2D eigenvalue weighted by molar-refractivity contribution is 5.97. The van der Waals surface area contributed by atoms with Crippen molar-refractivity contribution in [1.82, 2.24) is 20.6 Å². The number of hydrogen-bond acceptors (Lipinski definition) is 5. The van der Waals surface area contributed by atoms with Gasteiger partial charge in [-0.05, 0) is 12.8 Å². The number of hydrogen-bond donors (Lipinski definition) is 5. The van der Waals surface area contributed by atoms with Gasteiger partial charge in [-0.25, -0.2) is 4.79 Å². The van der Waals surface area contributed by atoms with Crippen LogP contribution in [0.1, 0.15) is 36.0 Å². The van der Waals surface area contributed by atoms with Crippen LogP contribution < -0.4 is 21.9 Å². The summed E-state index contributed by atoms with van der Waals surface area (Å²) in [4.78, 5) is 50.4. The average Bonchev–Trinajstić information content (AvgIpc) is 2.97. The van der Waals surface area contributed by atoms with Crippen molar-refractivity contribution in [2.45, 2.75) is 37.8 Å². The third-order valence-corrected chi connectivity index (χ3v) is 3.57. The summed E-state index contributed by atoms with van der Waals surface area (Å²) in [6.45, 7) is -0.592. The van der Waals surface area contributed by atoms with Crippen molar-refractivity contribution in [2.75, 3.05) is 6.61 Å². The van der Waals surface area contributed by atoms with Crippen molar-refractivity contribution < 1.29 is 14.7 Å². The molecular weight excluding hydrogens is 292 g/mol. The molecule has 0 bridgehead atoms. The van der Waals surface area contributed by atoms with E-state index in [1.54, 1.807) is 0 Å². The second-order valence-corrected chi connectivity index (χ2v) is 5.18. The Bertz CT molecular complexity index is 659. The Labute approximate surface area is 125 Å². The van der Waals surface area contributed by atoms with Crippen LogP contribution in [0.3, 0.4) is 0 Å². The fourth-order valence-corrected chi connectivity index (χ4v) is 2.38. The molecule has 1 atom stereocenters. The second-order valence-electron chi connectivity index (χ2n) is 5.18. The second kappa shape index (κ2) is 7.03. The van der Waals surface area contributed by atoms with E-state index in [0.717, 1.165) is 31.9 Å². The van der Waals surface area contributed by atoms with E-state index in [1.807, 2.05) is 4.98 Å². The maximum Gasteiger partial charge on any atom is 0.325 e. The number of aromatic nitrogens is 2. The first-order valence-corrected chi connectivity index (χ1v) is 7.05. The molecule has 0 saturated heterocycles. The molecule has 1 heterocycles. The summed E-state index contributed by atoms with van der Waals surface area (Å²) in [7, 11) is 0. The van der Waals surface area contributed by atoms with Crippen LogP contribution in [0.4, 0.5) is 0 Å². The minimum Gasteiger partial charge on any atom is -0.394 e. The number of rotatable bonds is 5. The lowest BCUT2D eigenvalue weighted by molar-refractivity contribution is -0.124. The predicted molar refractivity (Wildman–Crippen MR) is 76.4 cm³/mol. The molecule has 0 unspecified atom stereocenters. The molecule has 1 aromatic rings. The number of aliphatic hydroxyl groups excluding tert-OH is 1. The van der Waals surface area contributed by atoms with Gasteiger partial charge in [-0.1, -0.05) is 12.8 Å². The lowest BCUT2D eigenvalue weighted by Crippen LogP contribution is -2.51. The Kier molecular flexibility index (Phi) is 5.10. The molecule has 1 aliphatic rings. The minimum atomic E-state index is -1.15. The SMILES string of the molecule is O=C(N[C@@H](CO)C(=O)NC1CCCC1)c1c[nH]c(=O)[nH]c1=O. The smallest absolute Gasteiger partial charge is 0.325 e. The van der Waals surface area contributed by atoms with Crippen LogP contribution in [0.2, 0.25) is 0 Å². The number of aliphatic hydroxyl groups is 1. The largest absolute Gasteiger partial charge is 0.394 e. The highest BCUT2D eigenvalue weighted by Crippen LogP contribution is 2.17. The molecule has 0 spiro atoms. The molecule has 0 radical (unpaired) electrons. The summed E-state index contributed by atoms with van der Waals surface area (Å²) in [5, 5.41) is 14.3. The Hall–Kier alpha value is -2.42. The number of carbonyl (C=O) groups is 2. The van der Waals surface area contributed by atoms with Gasteiger partial charge in [0.15, 0.2) is 0 Å². The zero-order valence-electron chi connectivity index (χ0n) is 11.8. The van der Waals surface area contributed by atoms with Crippen molar-refractivity contribution in [3.63, 3.8) is 0 Å². The zero-order valence-corrected chi connectivity index (χ0v) is 11.8. The lowest BCUT2D eigenvalue weighted by Gasteiger charge is -2.19. The van der Waals surface area contributed by atoms with E-state index in [2.05, 4.69) is 15.6 Å². The van der Waals surface area contributed by atoms with E-state index in [4.69, 9.17) is 0 Å². The zero-order chi connectivity index (χ0) is 16.1. The van der Waals surface area contributed by atoms with Gasteiger partial charge in [0.1, 0.15) is 11.6 Å². The van der Waals surface area contributed by atoms with Gasteiger partial charge >= 0.3 is 5.69 Å². The molecule has 22 heavy (non-hydrogen) atoms. The molecule has 1 aliphatic carbocycles. The van der Waals surface area contributed by atoms with E-state index >= 15 is 0 Å². The molecule has 2 amide bonds. The van der Waals surface area contributed by atoms with Crippen LogP contribution in [-0.2, 0) is 4.79 Å². The van der Waals surface area contributed by atoms with Crippen LogP contribution in [0.25, 0.3) is 0 Å². The van der Waals surface area contributed by atoms with Gasteiger partial charge in [0, 0.05) is 12.2 Å². The van der Waals surface area contributed by atoms with Gasteiger partial charge in [0.05, 0.1) is 6.61 Å². The Balaban J connectivity index is 2.02. The molecule has 0 aromatic carbocycles. The molecule has 1 saturated carbocycles. The number of aromatic amines is 2. The van der Waals surface area contributed by atoms with Crippen molar-refractivity contribution in [2.24, 2.45) is 0 Å². The van der Waals surface area contributed by atoms with Gasteiger partial charge in [-0.15, -0.1) is 0 Å². The maximum atomic E-state index is 12.0. The van der Waals surface area contributed by atoms with Gasteiger partial charge < -0.3 is 20.7 Å². The molecule has 120 valence electrons. The van der Waals surface area contributed by atoms with Crippen LogP contribution >= 0.6 is 0 Å². The third-order valence-electron chi connectivity index (χ3n) is 3.57. The summed E-state index contributed by atoms with van der Waals surface area (Å²) in [6.07, 6.45) is 4.77. The standard InChI is InChI=1S/C13H18N4O5/c18-6-9(12(21)15-7-3-1-2-4-7)16-10(19)8-5-14-13(22)17-11(8)20/h5,7,9,18H,1-4,6H2,(H,15,21)(H,16,19)(H2,14,17,20,22)/t9-/m0/s1. The van der Waals surface area contributed by atoms with Crippen LogP contribution in [0, 0.1) is 0 Å². The van der Waals surface area contributed by atoms with E-state index in [-0.39, 0.29) is 11.6 Å². The molecule has 5 N–H and O–H groups in total. The fraction of sp³-hybridized carbons (Fsp3) is 0.538. The molecule has 1 fully saturated rings. The third kappa shape index (κ3) is 3.82. The molecular formula is C13H18N4O5. The van der Waals surface area contributed by atoms with Crippen LogP contribution in [-0.4, -0.2) is 45.6 Å². The van der Waals surface area contributed by atoms with Gasteiger partial charge in [0.2, 0.25) is 5.91 Å². The lowest BCUT2D eigenvalue weighted by atomic mass is 10.2. The van der Waals surface area contributed by atoms with E-state index in [9.17, 15) is 24.3 Å². The molecule has 1 aromatic heterocycles. The van der Waals surface area contributed by atoms with E-state index in [1.165, 1.54) is 0 Å². The van der Waals surface area contributed by atoms with Crippen molar-refractivity contribution >= 4 is 11.8 Å². The van der Waals surface area contributed by atoms with Gasteiger partial charge in [-0.2, -0.15) is 0 Å². The topological polar surface area (TPSA) is 144 Å². The molecule has 2 rings (SSSR count). The average molecular weight is 310 g/mol. The summed E-state index contributed by atoms with van der Waals surface area (Å²) in [6, 6.07) is -1.10. The molecule has 0 aliphatic heterocycles. The highest BCUT2D eigenvalue weighted by Gasteiger charge is 2.25. The monoisotopic (exact) mass is 310 g/mol. The normalized spacial score (nSPS) is 16.2. The summed E-state index contributed by atoms with van der Waals surface area (Å²) < 4.78 is 0. The van der Waals surface area contributed by atoms with Gasteiger partial charge in [0.25, 0.3) is 11.5 Å². The van der Waals surface area contributed by atoms with E-state index in [0.29, 0.717) is 0 Å². The molecule has 9 heteroatoms. The summed E-state index contributed by atoms with van der Waals surface area (Å²) >= 11 is 0.